The van der Waals surface area contributed by atoms with Gasteiger partial charge in [0.05, 0.1) is 5.57 Å². The van der Waals surface area contributed by atoms with Gasteiger partial charge < -0.3 is 0 Å². The van der Waals surface area contributed by atoms with Crippen LogP contribution in [-0.2, 0) is 0 Å². The minimum absolute atomic E-state index is 5.60. The monoisotopic (exact) mass is 562 g/mol. The highest BCUT2D eigenvalue weighted by Gasteiger charge is 2.79. The van der Waals surface area contributed by atoms with Crippen molar-refractivity contribution in [1.29, 1.82) is 0 Å². The van der Waals surface area contributed by atoms with E-state index in [-0.39, 0.29) is 0 Å². The van der Waals surface area contributed by atoms with Crippen LogP contribution in [-0.4, -0.2) is 48.6 Å². The second-order valence-electron chi connectivity index (χ2n) is 5.65. The fourth-order valence-electron chi connectivity index (χ4n) is 1.89. The fraction of sp³-hybridized carbons (Fsp3) is 0.667. The Kier molecular flexibility index (Phi) is 7.76. The van der Waals surface area contributed by atoms with E-state index < -0.39 is 71.2 Å². The van der Waals surface area contributed by atoms with E-state index in [0.717, 1.165) is 0 Å². The largest absolute Gasteiger partial charge is 0.460 e. The third-order valence-electron chi connectivity index (χ3n) is 3.27. The lowest BCUT2D eigenvalue weighted by molar-refractivity contribution is -0.351. The number of halogens is 22. The van der Waals surface area contributed by atoms with Crippen LogP contribution in [0.15, 0.2) is 22.5 Å². The summed E-state index contributed by atoms with van der Waals surface area (Å²) < 4.78 is 280. The van der Waals surface area contributed by atoms with Gasteiger partial charge >= 0.3 is 48.6 Å². The molecule has 0 heterocycles. The number of rotatable bonds is 4. The molecule has 0 bridgehead atoms. The maximum atomic E-state index is 13.9. The van der Waals surface area contributed by atoms with Crippen molar-refractivity contribution >= 4 is 0 Å². The molecule has 0 aromatic carbocycles. The summed E-state index contributed by atoms with van der Waals surface area (Å²) in [5.74, 6) is -30.6. The van der Waals surface area contributed by atoms with Gasteiger partial charge in [0.1, 0.15) is 17.0 Å². The third-order valence-corrected chi connectivity index (χ3v) is 3.27. The first-order chi connectivity index (χ1) is 14.3. The van der Waals surface area contributed by atoms with Crippen LogP contribution in [0.1, 0.15) is 0 Å². The molecule has 0 fully saturated rings. The van der Waals surface area contributed by atoms with Crippen molar-refractivity contribution in [3.05, 3.63) is 22.5 Å². The molecular weight excluding hydrogens is 562 g/mol. The predicted octanol–water partition coefficient (Wildman–Crippen LogP) is 8.22. The molecule has 202 valence electrons. The van der Waals surface area contributed by atoms with E-state index in [9.17, 15) is 96.6 Å². The second-order valence-corrected chi connectivity index (χ2v) is 5.65. The summed E-state index contributed by atoms with van der Waals surface area (Å²) >= 11 is 0. The van der Waals surface area contributed by atoms with Crippen molar-refractivity contribution in [2.75, 3.05) is 0 Å². The molecule has 0 aliphatic rings. The smallest absolute Gasteiger partial charge is 0.206 e. The quantitative estimate of drug-likeness (QED) is 0.240. The van der Waals surface area contributed by atoms with Crippen molar-refractivity contribution in [3.63, 3.8) is 0 Å². The van der Waals surface area contributed by atoms with Gasteiger partial charge in [-0.25, -0.2) is 4.39 Å². The lowest BCUT2D eigenvalue weighted by Gasteiger charge is -2.33. The van der Waals surface area contributed by atoms with E-state index in [4.69, 9.17) is 0 Å². The van der Waals surface area contributed by atoms with Crippen LogP contribution in [0.2, 0.25) is 0 Å². The maximum absolute atomic E-state index is 13.9. The van der Waals surface area contributed by atoms with Crippen LogP contribution in [0.4, 0.5) is 96.6 Å². The summed E-state index contributed by atoms with van der Waals surface area (Å²) in [6.07, 6.45) is -39.5. The zero-order chi connectivity index (χ0) is 28.3. The van der Waals surface area contributed by atoms with Gasteiger partial charge in [0, 0.05) is 0 Å². The summed E-state index contributed by atoms with van der Waals surface area (Å²) in [4.78, 5) is 0. The van der Waals surface area contributed by atoms with Gasteiger partial charge in [-0.05, 0) is 0 Å². The van der Waals surface area contributed by atoms with Crippen LogP contribution in [0.5, 0.6) is 0 Å². The SMILES string of the molecule is FC(C(=C(C(F)(F)F)C(F)(F)F)C(F)(F)C(F)(F)F)=C(C(F)(F)F)C(F)(F)C(F)(F)C(F)(F)F. The molecule has 22 heteroatoms. The average molecular weight is 562 g/mol. The van der Waals surface area contributed by atoms with Gasteiger partial charge in [-0.2, -0.15) is 92.2 Å². The highest BCUT2D eigenvalue weighted by molar-refractivity contribution is 5.47. The van der Waals surface area contributed by atoms with Crippen molar-refractivity contribution in [2.45, 2.75) is 48.6 Å². The first-order valence-electron chi connectivity index (χ1n) is 6.91. The van der Waals surface area contributed by atoms with E-state index in [1.54, 1.807) is 0 Å². The molecule has 34 heavy (non-hydrogen) atoms. The molecule has 0 aromatic heterocycles. The minimum Gasteiger partial charge on any atom is -0.206 e. The molecule has 0 rings (SSSR count). The standard InChI is InChI=1S/C12F22/c13-2(4(9(24,25)26)6(16,17)10(27,28)12(32,33)34)1(5(14,15)11(29,30)31)3(7(18,19)20)8(21,22)23. The van der Waals surface area contributed by atoms with Gasteiger partial charge in [0.15, 0.2) is 0 Å². The molecular formula is C12F22. The number of allylic oxidation sites excluding steroid dienone is 4. The van der Waals surface area contributed by atoms with E-state index >= 15 is 0 Å². The highest BCUT2D eigenvalue weighted by atomic mass is 19.4. The molecule has 0 radical (unpaired) electrons. The number of hydrogen-bond acceptors (Lipinski definition) is 0. The second kappa shape index (κ2) is 8.26. The Labute approximate surface area is 169 Å². The van der Waals surface area contributed by atoms with Crippen LogP contribution < -0.4 is 0 Å². The van der Waals surface area contributed by atoms with Gasteiger partial charge in [-0.3, -0.25) is 0 Å². The molecule has 0 saturated carbocycles. The van der Waals surface area contributed by atoms with Crippen molar-refractivity contribution in [3.8, 4) is 0 Å². The Morgan fingerprint density at radius 2 is 0.647 bits per heavy atom. The molecule has 0 aromatic rings. The van der Waals surface area contributed by atoms with E-state index in [1.165, 1.54) is 0 Å². The molecule has 0 unspecified atom stereocenters. The van der Waals surface area contributed by atoms with Gasteiger partial charge in [0.2, 0.25) is 0 Å². The molecule has 0 spiro atoms. The Morgan fingerprint density at radius 3 is 0.853 bits per heavy atom. The Morgan fingerprint density at radius 1 is 0.353 bits per heavy atom. The van der Waals surface area contributed by atoms with Gasteiger partial charge in [-0.15, -0.1) is 0 Å². The van der Waals surface area contributed by atoms with Crippen LogP contribution in [0.3, 0.4) is 0 Å². The lowest BCUT2D eigenvalue weighted by atomic mass is 9.91. The Balaban J connectivity index is 8.38. The molecule has 0 N–H and O–H groups in total. The molecule has 0 nitrogen and oxygen atoms in total. The van der Waals surface area contributed by atoms with Crippen LogP contribution in [0.25, 0.3) is 0 Å². The van der Waals surface area contributed by atoms with E-state index in [0.29, 0.717) is 0 Å². The summed E-state index contributed by atoms with van der Waals surface area (Å²) in [5.41, 5.74) is -17.1. The molecule has 0 amide bonds. The van der Waals surface area contributed by atoms with Crippen molar-refractivity contribution in [2.24, 2.45) is 0 Å². The lowest BCUT2D eigenvalue weighted by Crippen LogP contribution is -2.55. The summed E-state index contributed by atoms with van der Waals surface area (Å²) in [6.45, 7) is 0. The maximum Gasteiger partial charge on any atom is 0.460 e. The molecule has 0 saturated heterocycles. The Hall–Kier alpha value is -2.06. The first-order valence-corrected chi connectivity index (χ1v) is 6.91. The topological polar surface area (TPSA) is 0 Å². The van der Waals surface area contributed by atoms with Crippen molar-refractivity contribution < 1.29 is 96.6 Å². The van der Waals surface area contributed by atoms with Crippen LogP contribution >= 0.6 is 0 Å². The highest BCUT2D eigenvalue weighted by Crippen LogP contribution is 2.58. The molecule has 0 aliphatic carbocycles. The summed E-state index contributed by atoms with van der Waals surface area (Å²) in [5, 5.41) is 0. The predicted molar refractivity (Wildman–Crippen MR) is 60.3 cm³/mol. The van der Waals surface area contributed by atoms with Crippen molar-refractivity contribution in [1.82, 2.24) is 0 Å². The average Bonchev–Trinajstić information content (AvgIpc) is 2.45. The number of alkyl halides is 21. The van der Waals surface area contributed by atoms with E-state index in [1.807, 2.05) is 0 Å². The zero-order valence-corrected chi connectivity index (χ0v) is 14.3. The first kappa shape index (κ1) is 31.9. The Bertz CT molecular complexity index is 798. The van der Waals surface area contributed by atoms with Crippen LogP contribution in [0, 0.1) is 0 Å². The third kappa shape index (κ3) is 5.60. The van der Waals surface area contributed by atoms with Gasteiger partial charge in [-0.1, -0.05) is 0 Å². The van der Waals surface area contributed by atoms with Gasteiger partial charge in [0.25, 0.3) is 0 Å². The normalized spacial score (nSPS) is 16.4. The minimum atomic E-state index is -8.39. The number of hydrogen-bond donors (Lipinski definition) is 0. The zero-order valence-electron chi connectivity index (χ0n) is 14.3. The fourth-order valence-corrected chi connectivity index (χ4v) is 1.89. The summed E-state index contributed by atoms with van der Waals surface area (Å²) in [6, 6.07) is 0. The molecule has 0 aliphatic heterocycles. The summed E-state index contributed by atoms with van der Waals surface area (Å²) in [7, 11) is 0. The van der Waals surface area contributed by atoms with E-state index in [2.05, 4.69) is 0 Å². The molecule has 0 atom stereocenters.